The fourth-order valence-corrected chi connectivity index (χ4v) is 4.63. The lowest BCUT2D eigenvalue weighted by molar-refractivity contribution is -0.131. The maximum atomic E-state index is 12.4. The molecule has 3 heterocycles. The molecule has 2 aromatic heterocycles. The summed E-state index contributed by atoms with van der Waals surface area (Å²) in [6, 6.07) is 5.99. The van der Waals surface area contributed by atoms with Gasteiger partial charge in [0, 0.05) is 42.9 Å². The van der Waals surface area contributed by atoms with Crippen molar-refractivity contribution in [3.63, 3.8) is 0 Å². The first-order valence-corrected chi connectivity index (χ1v) is 10.2. The molecule has 0 spiro atoms. The van der Waals surface area contributed by atoms with E-state index in [1.54, 1.807) is 34.6 Å². The van der Waals surface area contributed by atoms with E-state index in [4.69, 9.17) is 0 Å². The number of nitrogens with one attached hydrogen (secondary N) is 1. The lowest BCUT2D eigenvalue weighted by Crippen LogP contribution is -2.41. The summed E-state index contributed by atoms with van der Waals surface area (Å²) < 4.78 is 0. The number of thiophene rings is 2. The van der Waals surface area contributed by atoms with Crippen LogP contribution in [-0.2, 0) is 17.8 Å². The maximum absolute atomic E-state index is 12.4. The first-order chi connectivity index (χ1) is 12.1. The van der Waals surface area contributed by atoms with Crippen LogP contribution in [-0.4, -0.2) is 41.9 Å². The van der Waals surface area contributed by atoms with Crippen LogP contribution in [0, 0.1) is 0 Å². The van der Waals surface area contributed by atoms with E-state index < -0.39 is 0 Å². The first kappa shape index (κ1) is 17.9. The minimum atomic E-state index is -0.146. The standard InChI is InChI=1S/C18H23N3O2S2/c1-13(15-4-3-10-24-15)20(2)18(23)19-8-5-17(22)21-9-6-16-14(12-21)7-11-25-16/h3-4,7,10-11,13H,5-6,8-9,12H2,1-2H3,(H,19,23). The highest BCUT2D eigenvalue weighted by atomic mass is 32.1. The van der Waals surface area contributed by atoms with Gasteiger partial charge in [0.25, 0.3) is 0 Å². The first-order valence-electron chi connectivity index (χ1n) is 8.43. The predicted molar refractivity (Wildman–Crippen MR) is 102 cm³/mol. The van der Waals surface area contributed by atoms with Gasteiger partial charge in [-0.25, -0.2) is 4.79 Å². The fraction of sp³-hybridized carbons (Fsp3) is 0.444. The molecule has 1 aliphatic rings. The van der Waals surface area contributed by atoms with Gasteiger partial charge in [-0.05, 0) is 41.8 Å². The molecule has 134 valence electrons. The lowest BCUT2D eigenvalue weighted by Gasteiger charge is -2.27. The zero-order valence-electron chi connectivity index (χ0n) is 14.5. The number of carbonyl (C=O) groups excluding carboxylic acids is 2. The Kier molecular flexibility index (Phi) is 5.75. The molecule has 0 saturated carbocycles. The van der Waals surface area contributed by atoms with Crippen molar-refractivity contribution in [1.82, 2.24) is 15.1 Å². The molecular weight excluding hydrogens is 354 g/mol. The smallest absolute Gasteiger partial charge is 0.317 e. The van der Waals surface area contributed by atoms with Gasteiger partial charge in [-0.3, -0.25) is 4.79 Å². The van der Waals surface area contributed by atoms with E-state index in [9.17, 15) is 9.59 Å². The number of nitrogens with zero attached hydrogens (tertiary/aromatic N) is 2. The third kappa shape index (κ3) is 4.22. The summed E-state index contributed by atoms with van der Waals surface area (Å²) in [5.74, 6) is 0.103. The molecule has 0 saturated heterocycles. The summed E-state index contributed by atoms with van der Waals surface area (Å²) in [6.07, 6.45) is 1.28. The fourth-order valence-electron chi connectivity index (χ4n) is 2.92. The van der Waals surface area contributed by atoms with Crippen molar-refractivity contribution in [3.05, 3.63) is 44.3 Å². The minimum Gasteiger partial charge on any atom is -0.338 e. The van der Waals surface area contributed by atoms with Crippen molar-refractivity contribution in [2.75, 3.05) is 20.1 Å². The van der Waals surface area contributed by atoms with Crippen LogP contribution in [0.3, 0.4) is 0 Å². The van der Waals surface area contributed by atoms with Gasteiger partial charge in [0.1, 0.15) is 0 Å². The second kappa shape index (κ2) is 8.01. The van der Waals surface area contributed by atoms with Crippen molar-refractivity contribution in [2.24, 2.45) is 0 Å². The van der Waals surface area contributed by atoms with Crippen molar-refractivity contribution in [3.8, 4) is 0 Å². The summed E-state index contributed by atoms with van der Waals surface area (Å²) in [5, 5.41) is 6.95. The van der Waals surface area contributed by atoms with E-state index in [1.165, 1.54) is 10.4 Å². The molecule has 1 atom stereocenters. The van der Waals surface area contributed by atoms with E-state index >= 15 is 0 Å². The summed E-state index contributed by atoms with van der Waals surface area (Å²) in [6.45, 7) is 3.84. The predicted octanol–water partition coefficient (Wildman–Crippen LogP) is 3.49. The van der Waals surface area contributed by atoms with Crippen molar-refractivity contribution in [2.45, 2.75) is 32.4 Å². The van der Waals surface area contributed by atoms with Crippen LogP contribution in [0.2, 0.25) is 0 Å². The van der Waals surface area contributed by atoms with Crippen molar-refractivity contribution in [1.29, 1.82) is 0 Å². The molecule has 0 radical (unpaired) electrons. The molecule has 1 unspecified atom stereocenters. The van der Waals surface area contributed by atoms with E-state index in [1.807, 2.05) is 29.3 Å². The third-order valence-corrected chi connectivity index (χ3v) is 6.70. The van der Waals surface area contributed by atoms with E-state index in [0.29, 0.717) is 19.5 Å². The molecule has 2 aromatic rings. The molecule has 0 aromatic carbocycles. The number of hydrogen-bond acceptors (Lipinski definition) is 4. The lowest BCUT2D eigenvalue weighted by atomic mass is 10.1. The van der Waals surface area contributed by atoms with Crippen LogP contribution in [0.1, 0.15) is 34.7 Å². The minimum absolute atomic E-state index is 0.0230. The van der Waals surface area contributed by atoms with Gasteiger partial charge in [0.05, 0.1) is 6.04 Å². The summed E-state index contributed by atoms with van der Waals surface area (Å²) in [7, 11) is 1.78. The van der Waals surface area contributed by atoms with E-state index in [0.717, 1.165) is 17.8 Å². The number of rotatable bonds is 5. The Balaban J connectivity index is 1.43. The van der Waals surface area contributed by atoms with E-state index in [2.05, 4.69) is 16.8 Å². The topological polar surface area (TPSA) is 52.7 Å². The van der Waals surface area contributed by atoms with Crippen LogP contribution in [0.25, 0.3) is 0 Å². The number of carbonyl (C=O) groups is 2. The highest BCUT2D eigenvalue weighted by molar-refractivity contribution is 7.10. The largest absolute Gasteiger partial charge is 0.338 e. The monoisotopic (exact) mass is 377 g/mol. The normalized spacial score (nSPS) is 14.7. The molecule has 3 amide bonds. The summed E-state index contributed by atoms with van der Waals surface area (Å²) in [4.78, 5) is 30.7. The average Bonchev–Trinajstić information content (AvgIpc) is 3.30. The molecule has 1 aliphatic heterocycles. The molecule has 0 aliphatic carbocycles. The second-order valence-electron chi connectivity index (χ2n) is 6.22. The second-order valence-corrected chi connectivity index (χ2v) is 8.20. The van der Waals surface area contributed by atoms with Gasteiger partial charge in [-0.2, -0.15) is 0 Å². The van der Waals surface area contributed by atoms with Crippen LogP contribution in [0.15, 0.2) is 29.0 Å². The van der Waals surface area contributed by atoms with Gasteiger partial charge in [-0.15, -0.1) is 22.7 Å². The molecule has 5 nitrogen and oxygen atoms in total. The Morgan fingerprint density at radius 2 is 2.16 bits per heavy atom. The average molecular weight is 378 g/mol. The van der Waals surface area contributed by atoms with Crippen LogP contribution in [0.4, 0.5) is 4.79 Å². The third-order valence-electron chi connectivity index (χ3n) is 4.63. The zero-order valence-corrected chi connectivity index (χ0v) is 16.2. The maximum Gasteiger partial charge on any atom is 0.317 e. The Hall–Kier alpha value is -1.86. The van der Waals surface area contributed by atoms with Gasteiger partial charge in [-0.1, -0.05) is 6.07 Å². The highest BCUT2D eigenvalue weighted by Crippen LogP contribution is 2.24. The molecule has 0 bridgehead atoms. The van der Waals surface area contributed by atoms with Gasteiger partial charge in [0.2, 0.25) is 5.91 Å². The Morgan fingerprint density at radius 1 is 1.32 bits per heavy atom. The van der Waals surface area contributed by atoms with Crippen LogP contribution < -0.4 is 5.32 Å². The Bertz CT molecular complexity index is 713. The van der Waals surface area contributed by atoms with Gasteiger partial charge >= 0.3 is 6.03 Å². The zero-order chi connectivity index (χ0) is 17.8. The summed E-state index contributed by atoms with van der Waals surface area (Å²) >= 11 is 3.40. The van der Waals surface area contributed by atoms with Gasteiger partial charge < -0.3 is 15.1 Å². The molecule has 0 fully saturated rings. The number of fused-ring (bicyclic) bond motifs is 1. The number of urea groups is 1. The SMILES string of the molecule is CC(c1cccs1)N(C)C(=O)NCCC(=O)N1CCc2sccc2C1. The van der Waals surface area contributed by atoms with Crippen molar-refractivity contribution < 1.29 is 9.59 Å². The Labute approximate surface area is 156 Å². The number of amides is 3. The highest BCUT2D eigenvalue weighted by Gasteiger charge is 2.22. The molecule has 7 heteroatoms. The molecule has 1 N–H and O–H groups in total. The van der Waals surface area contributed by atoms with Crippen LogP contribution >= 0.6 is 22.7 Å². The van der Waals surface area contributed by atoms with Gasteiger partial charge in [0.15, 0.2) is 0 Å². The van der Waals surface area contributed by atoms with Crippen molar-refractivity contribution >= 4 is 34.6 Å². The number of hydrogen-bond donors (Lipinski definition) is 1. The quantitative estimate of drug-likeness (QED) is 0.867. The summed E-state index contributed by atoms with van der Waals surface area (Å²) in [5.41, 5.74) is 1.26. The molecule has 3 rings (SSSR count). The molecule has 25 heavy (non-hydrogen) atoms. The van der Waals surface area contributed by atoms with Crippen LogP contribution in [0.5, 0.6) is 0 Å². The Morgan fingerprint density at radius 3 is 2.92 bits per heavy atom. The molecular formula is C18H23N3O2S2. The van der Waals surface area contributed by atoms with E-state index in [-0.39, 0.29) is 18.0 Å².